The van der Waals surface area contributed by atoms with Gasteiger partial charge in [-0.2, -0.15) is 0 Å². The van der Waals surface area contributed by atoms with Gasteiger partial charge in [-0.05, 0) is 5.41 Å². The van der Waals surface area contributed by atoms with E-state index in [1.165, 1.54) is 0 Å². The molecule has 0 spiro atoms. The molecule has 0 saturated heterocycles. The normalized spacial score (nSPS) is 38.5. The van der Waals surface area contributed by atoms with Crippen LogP contribution in [-0.2, 0) is 4.74 Å². The molecule has 0 heterocycles. The molecule has 0 radical (unpaired) electrons. The Hall–Kier alpha value is -0.0800. The van der Waals surface area contributed by atoms with E-state index in [9.17, 15) is 5.11 Å². The minimum absolute atomic E-state index is 0.0119. The van der Waals surface area contributed by atoms with Gasteiger partial charge in [-0.1, -0.05) is 20.8 Å². The smallest absolute Gasteiger partial charge is 0.0745 e. The number of aliphatic hydroxyl groups is 1. The third-order valence-corrected chi connectivity index (χ3v) is 2.86. The molecule has 1 saturated carbocycles. The molecule has 0 unspecified atom stereocenters. The standard InChI is InChI=1S/C9H18O2/c1-8(2,3)9(10)5-7(6-9)11-4/h7,10H,5-6H2,1-4H3. The molecule has 66 valence electrons. The van der Waals surface area contributed by atoms with Gasteiger partial charge in [0.1, 0.15) is 0 Å². The average molecular weight is 158 g/mol. The lowest BCUT2D eigenvalue weighted by molar-refractivity contribution is -0.181. The first-order valence-electron chi connectivity index (χ1n) is 4.14. The van der Waals surface area contributed by atoms with Crippen molar-refractivity contribution in [3.8, 4) is 0 Å². The van der Waals surface area contributed by atoms with Gasteiger partial charge in [-0.3, -0.25) is 0 Å². The summed E-state index contributed by atoms with van der Waals surface area (Å²) in [4.78, 5) is 0. The van der Waals surface area contributed by atoms with Gasteiger partial charge >= 0.3 is 0 Å². The lowest BCUT2D eigenvalue weighted by Gasteiger charge is -2.51. The SMILES string of the molecule is COC1CC(O)(C(C)(C)C)C1. The second-order valence-electron chi connectivity index (χ2n) is 4.55. The van der Waals surface area contributed by atoms with E-state index in [1.54, 1.807) is 7.11 Å². The molecule has 0 atom stereocenters. The van der Waals surface area contributed by atoms with Gasteiger partial charge in [-0.25, -0.2) is 0 Å². The first-order valence-corrected chi connectivity index (χ1v) is 4.14. The molecule has 1 fully saturated rings. The summed E-state index contributed by atoms with van der Waals surface area (Å²) in [6.07, 6.45) is 1.85. The van der Waals surface area contributed by atoms with Crippen molar-refractivity contribution >= 4 is 0 Å². The van der Waals surface area contributed by atoms with Crippen LogP contribution >= 0.6 is 0 Å². The zero-order valence-corrected chi connectivity index (χ0v) is 7.85. The van der Waals surface area contributed by atoms with E-state index in [0.29, 0.717) is 0 Å². The van der Waals surface area contributed by atoms with Crippen molar-refractivity contribution in [1.82, 2.24) is 0 Å². The third kappa shape index (κ3) is 1.42. The number of hydrogen-bond acceptors (Lipinski definition) is 2. The minimum atomic E-state index is -0.492. The third-order valence-electron chi connectivity index (χ3n) is 2.86. The van der Waals surface area contributed by atoms with Crippen molar-refractivity contribution in [3.63, 3.8) is 0 Å². The summed E-state index contributed by atoms with van der Waals surface area (Å²) in [5.74, 6) is 0. The maximum atomic E-state index is 9.97. The summed E-state index contributed by atoms with van der Waals surface area (Å²) < 4.78 is 5.12. The Morgan fingerprint density at radius 2 is 1.82 bits per heavy atom. The quantitative estimate of drug-likeness (QED) is 0.627. The highest BCUT2D eigenvalue weighted by Gasteiger charge is 2.50. The highest BCUT2D eigenvalue weighted by Crippen LogP contribution is 2.46. The zero-order valence-electron chi connectivity index (χ0n) is 7.85. The first-order chi connectivity index (χ1) is 4.89. The van der Waals surface area contributed by atoms with Gasteiger partial charge in [0.15, 0.2) is 0 Å². The van der Waals surface area contributed by atoms with E-state index in [4.69, 9.17) is 4.74 Å². The Balaban J connectivity index is 2.49. The van der Waals surface area contributed by atoms with Crippen molar-refractivity contribution in [3.05, 3.63) is 0 Å². The summed E-state index contributed by atoms with van der Waals surface area (Å²) in [6, 6.07) is 0. The van der Waals surface area contributed by atoms with Crippen LogP contribution in [0.4, 0.5) is 0 Å². The van der Waals surface area contributed by atoms with Crippen molar-refractivity contribution in [2.45, 2.75) is 45.3 Å². The van der Waals surface area contributed by atoms with Crippen LogP contribution in [0.2, 0.25) is 0 Å². The Morgan fingerprint density at radius 1 is 1.36 bits per heavy atom. The van der Waals surface area contributed by atoms with Gasteiger partial charge in [-0.15, -0.1) is 0 Å². The molecule has 1 aliphatic rings. The summed E-state index contributed by atoms with van der Waals surface area (Å²) in [5.41, 5.74) is -0.504. The van der Waals surface area contributed by atoms with E-state index in [2.05, 4.69) is 20.8 Å². The van der Waals surface area contributed by atoms with Crippen LogP contribution in [0.3, 0.4) is 0 Å². The molecule has 0 bridgehead atoms. The van der Waals surface area contributed by atoms with Crippen molar-refractivity contribution in [1.29, 1.82) is 0 Å². The van der Waals surface area contributed by atoms with Crippen LogP contribution in [0.25, 0.3) is 0 Å². The van der Waals surface area contributed by atoms with Crippen LogP contribution in [0.5, 0.6) is 0 Å². The Kier molecular flexibility index (Phi) is 2.01. The zero-order chi connectivity index (χ0) is 8.70. The maximum absolute atomic E-state index is 9.97. The van der Waals surface area contributed by atoms with Crippen LogP contribution in [-0.4, -0.2) is 23.9 Å². The molecule has 1 N–H and O–H groups in total. The molecular weight excluding hydrogens is 140 g/mol. The van der Waals surface area contributed by atoms with Gasteiger partial charge in [0.2, 0.25) is 0 Å². The van der Waals surface area contributed by atoms with Gasteiger partial charge in [0, 0.05) is 20.0 Å². The maximum Gasteiger partial charge on any atom is 0.0745 e. The topological polar surface area (TPSA) is 29.5 Å². The average Bonchev–Trinajstić information content (AvgIpc) is 1.78. The first kappa shape index (κ1) is 9.01. The van der Waals surface area contributed by atoms with Crippen LogP contribution < -0.4 is 0 Å². The number of ether oxygens (including phenoxy) is 1. The molecule has 0 aromatic heterocycles. The molecular formula is C9H18O2. The number of hydrogen-bond donors (Lipinski definition) is 1. The fourth-order valence-electron chi connectivity index (χ4n) is 1.47. The van der Waals surface area contributed by atoms with Crippen LogP contribution in [0.15, 0.2) is 0 Å². The highest BCUT2D eigenvalue weighted by atomic mass is 16.5. The van der Waals surface area contributed by atoms with Crippen LogP contribution in [0.1, 0.15) is 33.6 Å². The second kappa shape index (κ2) is 2.46. The summed E-state index contributed by atoms with van der Waals surface area (Å²) >= 11 is 0. The van der Waals surface area contributed by atoms with E-state index in [1.807, 2.05) is 0 Å². The molecule has 0 amide bonds. The van der Waals surface area contributed by atoms with Crippen molar-refractivity contribution in [2.24, 2.45) is 5.41 Å². The lowest BCUT2D eigenvalue weighted by Crippen LogP contribution is -2.56. The molecule has 0 aromatic rings. The molecule has 2 heteroatoms. The molecule has 1 aliphatic carbocycles. The monoisotopic (exact) mass is 158 g/mol. The van der Waals surface area contributed by atoms with Crippen molar-refractivity contribution in [2.75, 3.05) is 7.11 Å². The van der Waals surface area contributed by atoms with E-state index in [-0.39, 0.29) is 11.5 Å². The molecule has 0 aromatic carbocycles. The lowest BCUT2D eigenvalue weighted by atomic mass is 9.63. The fraction of sp³-hybridized carbons (Fsp3) is 1.00. The largest absolute Gasteiger partial charge is 0.389 e. The second-order valence-corrected chi connectivity index (χ2v) is 4.55. The number of rotatable bonds is 1. The predicted octanol–water partition coefficient (Wildman–Crippen LogP) is 1.57. The van der Waals surface area contributed by atoms with Gasteiger partial charge in [0.25, 0.3) is 0 Å². The van der Waals surface area contributed by atoms with E-state index < -0.39 is 5.60 Å². The molecule has 1 rings (SSSR count). The number of methoxy groups -OCH3 is 1. The summed E-state index contributed by atoms with van der Waals surface area (Å²) in [5, 5.41) is 9.97. The molecule has 11 heavy (non-hydrogen) atoms. The Labute approximate surface area is 68.6 Å². The Morgan fingerprint density at radius 3 is 2.09 bits per heavy atom. The fourth-order valence-corrected chi connectivity index (χ4v) is 1.47. The minimum Gasteiger partial charge on any atom is -0.389 e. The van der Waals surface area contributed by atoms with Gasteiger partial charge < -0.3 is 9.84 Å². The summed E-state index contributed by atoms with van der Waals surface area (Å²) in [7, 11) is 1.70. The van der Waals surface area contributed by atoms with E-state index >= 15 is 0 Å². The molecule has 0 aliphatic heterocycles. The van der Waals surface area contributed by atoms with Gasteiger partial charge in [0.05, 0.1) is 11.7 Å². The van der Waals surface area contributed by atoms with Crippen molar-refractivity contribution < 1.29 is 9.84 Å². The summed E-state index contributed by atoms with van der Waals surface area (Å²) in [6.45, 7) is 6.20. The predicted molar refractivity (Wildman–Crippen MR) is 44.4 cm³/mol. The Bertz CT molecular complexity index is 140. The van der Waals surface area contributed by atoms with Crippen LogP contribution in [0, 0.1) is 5.41 Å². The highest BCUT2D eigenvalue weighted by molar-refractivity contribution is 5.02. The molecule has 2 nitrogen and oxygen atoms in total. The van der Waals surface area contributed by atoms with E-state index in [0.717, 1.165) is 12.8 Å².